The van der Waals surface area contributed by atoms with Crippen LogP contribution in [0.5, 0.6) is 5.75 Å². The van der Waals surface area contributed by atoms with Crippen LogP contribution in [0.25, 0.3) is 11.5 Å². The van der Waals surface area contributed by atoms with Crippen molar-refractivity contribution in [2.45, 2.75) is 51.2 Å². The van der Waals surface area contributed by atoms with Crippen LogP contribution in [0.15, 0.2) is 28.8 Å². The highest BCUT2D eigenvalue weighted by atomic mass is 16.5. The quantitative estimate of drug-likeness (QED) is 0.934. The Labute approximate surface area is 124 Å². The summed E-state index contributed by atoms with van der Waals surface area (Å²) in [5.74, 6) is 1.91. The number of nitrogens with zero attached hydrogens (tertiary/aromatic N) is 2. The summed E-state index contributed by atoms with van der Waals surface area (Å²) in [5.41, 5.74) is 6.79. The number of rotatable bonds is 4. The summed E-state index contributed by atoms with van der Waals surface area (Å²) in [4.78, 5) is 4.50. The molecule has 0 unspecified atom stereocenters. The maximum absolute atomic E-state index is 6.36. The monoisotopic (exact) mass is 287 g/mol. The molecule has 3 rings (SSSR count). The van der Waals surface area contributed by atoms with E-state index in [9.17, 15) is 0 Å². The fourth-order valence-electron chi connectivity index (χ4n) is 2.75. The van der Waals surface area contributed by atoms with E-state index in [4.69, 9.17) is 15.0 Å². The zero-order valence-corrected chi connectivity index (χ0v) is 12.5. The molecular formula is C16H21N3O2. The van der Waals surface area contributed by atoms with Crippen molar-refractivity contribution in [1.29, 1.82) is 0 Å². The van der Waals surface area contributed by atoms with E-state index in [1.54, 1.807) is 0 Å². The average molecular weight is 287 g/mol. The van der Waals surface area contributed by atoms with Crippen molar-refractivity contribution in [3.63, 3.8) is 0 Å². The Hall–Kier alpha value is -1.88. The summed E-state index contributed by atoms with van der Waals surface area (Å²) in [6.07, 6.45) is 4.21. The summed E-state index contributed by atoms with van der Waals surface area (Å²) in [6, 6.07) is 7.68. The Morgan fingerprint density at radius 2 is 2.05 bits per heavy atom. The number of nitrogens with two attached hydrogens (primary N) is 1. The first kappa shape index (κ1) is 14.1. The molecule has 1 saturated carbocycles. The molecule has 0 bridgehead atoms. The topological polar surface area (TPSA) is 74.2 Å². The first-order chi connectivity index (χ1) is 10.1. The van der Waals surface area contributed by atoms with Gasteiger partial charge in [0, 0.05) is 5.56 Å². The zero-order valence-electron chi connectivity index (χ0n) is 12.5. The summed E-state index contributed by atoms with van der Waals surface area (Å²) in [6.45, 7) is 3.99. The van der Waals surface area contributed by atoms with E-state index in [1.807, 2.05) is 38.1 Å². The van der Waals surface area contributed by atoms with Gasteiger partial charge in [-0.1, -0.05) is 24.1 Å². The van der Waals surface area contributed by atoms with Crippen LogP contribution in [-0.2, 0) is 5.54 Å². The molecule has 0 atom stereocenters. The van der Waals surface area contributed by atoms with Crippen LogP contribution in [0, 0.1) is 0 Å². The minimum Gasteiger partial charge on any atom is -0.491 e. The van der Waals surface area contributed by atoms with Gasteiger partial charge in [0.2, 0.25) is 0 Å². The fourth-order valence-corrected chi connectivity index (χ4v) is 2.75. The van der Waals surface area contributed by atoms with Crippen molar-refractivity contribution in [2.75, 3.05) is 0 Å². The molecular weight excluding hydrogens is 266 g/mol. The zero-order chi connectivity index (χ0) is 14.9. The highest BCUT2D eigenvalue weighted by Crippen LogP contribution is 2.35. The third-order valence-electron chi connectivity index (χ3n) is 3.82. The van der Waals surface area contributed by atoms with Crippen LogP contribution in [0.1, 0.15) is 45.4 Å². The summed E-state index contributed by atoms with van der Waals surface area (Å²) in [5, 5.41) is 4.09. The Bertz CT molecular complexity index is 615. The van der Waals surface area contributed by atoms with Crippen LogP contribution in [-0.4, -0.2) is 16.2 Å². The van der Waals surface area contributed by atoms with Gasteiger partial charge < -0.3 is 15.0 Å². The largest absolute Gasteiger partial charge is 0.491 e. The van der Waals surface area contributed by atoms with Crippen molar-refractivity contribution >= 4 is 0 Å². The predicted octanol–water partition coefficient (Wildman–Crippen LogP) is 3.25. The Balaban J connectivity index is 1.86. The van der Waals surface area contributed by atoms with Gasteiger partial charge in [-0.15, -0.1) is 0 Å². The Morgan fingerprint density at radius 3 is 2.76 bits per heavy atom. The molecule has 0 saturated heterocycles. The van der Waals surface area contributed by atoms with Crippen LogP contribution >= 0.6 is 0 Å². The van der Waals surface area contributed by atoms with Crippen molar-refractivity contribution in [1.82, 2.24) is 10.1 Å². The molecule has 21 heavy (non-hydrogen) atoms. The normalized spacial score (nSPS) is 17.3. The fraction of sp³-hybridized carbons (Fsp3) is 0.500. The van der Waals surface area contributed by atoms with Gasteiger partial charge in [-0.2, -0.15) is 4.98 Å². The number of hydrogen-bond donors (Lipinski definition) is 1. The smallest absolute Gasteiger partial charge is 0.258 e. The van der Waals surface area contributed by atoms with E-state index < -0.39 is 5.54 Å². The van der Waals surface area contributed by atoms with E-state index in [0.717, 1.165) is 37.0 Å². The van der Waals surface area contributed by atoms with E-state index in [2.05, 4.69) is 10.1 Å². The minimum atomic E-state index is -0.423. The molecule has 2 aromatic rings. The SMILES string of the molecule is CC(C)Oc1cccc(-c2nc(C3(N)CCCC3)no2)c1. The Morgan fingerprint density at radius 1 is 1.29 bits per heavy atom. The van der Waals surface area contributed by atoms with Gasteiger partial charge in [-0.3, -0.25) is 0 Å². The number of hydrogen-bond acceptors (Lipinski definition) is 5. The van der Waals surface area contributed by atoms with Crippen LogP contribution < -0.4 is 10.5 Å². The standard InChI is InChI=1S/C16H21N3O2/c1-11(2)20-13-7-5-6-12(10-13)14-18-15(19-21-14)16(17)8-3-4-9-16/h5-7,10-11H,3-4,8-9,17H2,1-2H3. The third-order valence-corrected chi connectivity index (χ3v) is 3.82. The second-order valence-electron chi connectivity index (χ2n) is 5.98. The Kier molecular flexibility index (Phi) is 3.68. The highest BCUT2D eigenvalue weighted by Gasteiger charge is 2.36. The lowest BCUT2D eigenvalue weighted by molar-refractivity contribution is 0.242. The van der Waals surface area contributed by atoms with Gasteiger partial charge >= 0.3 is 0 Å². The van der Waals surface area contributed by atoms with Crippen LogP contribution in [0.4, 0.5) is 0 Å². The molecule has 0 spiro atoms. The summed E-state index contributed by atoms with van der Waals surface area (Å²) < 4.78 is 11.1. The minimum absolute atomic E-state index is 0.129. The first-order valence-corrected chi connectivity index (χ1v) is 7.47. The van der Waals surface area contributed by atoms with Gasteiger partial charge in [-0.05, 0) is 44.9 Å². The van der Waals surface area contributed by atoms with E-state index in [0.29, 0.717) is 11.7 Å². The van der Waals surface area contributed by atoms with Crippen LogP contribution in [0.2, 0.25) is 0 Å². The highest BCUT2D eigenvalue weighted by molar-refractivity contribution is 5.55. The molecule has 0 radical (unpaired) electrons. The second kappa shape index (κ2) is 5.48. The van der Waals surface area contributed by atoms with Crippen molar-refractivity contribution in [3.05, 3.63) is 30.1 Å². The molecule has 112 valence electrons. The van der Waals surface area contributed by atoms with Crippen molar-refractivity contribution in [3.8, 4) is 17.2 Å². The molecule has 1 fully saturated rings. The van der Waals surface area contributed by atoms with E-state index in [1.165, 1.54) is 0 Å². The molecule has 0 aliphatic heterocycles. The van der Waals surface area contributed by atoms with Gasteiger partial charge in [0.15, 0.2) is 5.82 Å². The number of ether oxygens (including phenoxy) is 1. The maximum atomic E-state index is 6.36. The molecule has 5 nitrogen and oxygen atoms in total. The maximum Gasteiger partial charge on any atom is 0.258 e. The second-order valence-corrected chi connectivity index (χ2v) is 5.98. The lowest BCUT2D eigenvalue weighted by Gasteiger charge is -2.17. The number of benzene rings is 1. The van der Waals surface area contributed by atoms with Crippen LogP contribution in [0.3, 0.4) is 0 Å². The average Bonchev–Trinajstić information content (AvgIpc) is 3.08. The lowest BCUT2D eigenvalue weighted by atomic mass is 9.99. The van der Waals surface area contributed by atoms with Crippen molar-refractivity contribution in [2.24, 2.45) is 5.73 Å². The van der Waals surface area contributed by atoms with Gasteiger partial charge in [0.25, 0.3) is 5.89 Å². The predicted molar refractivity (Wildman–Crippen MR) is 79.8 cm³/mol. The molecule has 1 aromatic heterocycles. The third kappa shape index (κ3) is 2.93. The summed E-state index contributed by atoms with van der Waals surface area (Å²) >= 11 is 0. The molecule has 1 heterocycles. The first-order valence-electron chi connectivity index (χ1n) is 7.47. The van der Waals surface area contributed by atoms with Gasteiger partial charge in [0.1, 0.15) is 5.75 Å². The molecule has 0 amide bonds. The van der Waals surface area contributed by atoms with Crippen molar-refractivity contribution < 1.29 is 9.26 Å². The molecule has 1 aliphatic carbocycles. The lowest BCUT2D eigenvalue weighted by Crippen LogP contribution is -2.34. The van der Waals surface area contributed by atoms with Gasteiger partial charge in [0.05, 0.1) is 11.6 Å². The summed E-state index contributed by atoms with van der Waals surface area (Å²) in [7, 11) is 0. The molecule has 1 aliphatic rings. The molecule has 1 aromatic carbocycles. The van der Waals surface area contributed by atoms with Gasteiger partial charge in [-0.25, -0.2) is 0 Å². The molecule has 5 heteroatoms. The van der Waals surface area contributed by atoms with E-state index in [-0.39, 0.29) is 6.10 Å². The number of aromatic nitrogens is 2. The van der Waals surface area contributed by atoms with E-state index >= 15 is 0 Å². The molecule has 2 N–H and O–H groups in total.